The molecule has 0 aliphatic carbocycles. The van der Waals surface area contributed by atoms with E-state index < -0.39 is 23.5 Å². The van der Waals surface area contributed by atoms with Gasteiger partial charge in [-0.1, -0.05) is 24.3 Å². The lowest BCUT2D eigenvalue weighted by molar-refractivity contribution is -0.129. The number of para-hydroxylation sites is 1. The highest BCUT2D eigenvalue weighted by Gasteiger charge is 2.44. The number of hydrogen-bond acceptors (Lipinski definition) is 7. The number of aromatic hydroxyl groups is 1. The monoisotopic (exact) mass is 465 g/mol. The third-order valence-corrected chi connectivity index (χ3v) is 5.68. The average Bonchev–Trinajstić information content (AvgIpc) is 3.36. The number of fused-ring (bicyclic) bond motifs is 1. The second kappa shape index (κ2) is 9.61. The predicted molar refractivity (Wildman–Crippen MR) is 125 cm³/mol. The molecular weight excluding hydrogens is 438 g/mol. The second-order valence-electron chi connectivity index (χ2n) is 8.35. The van der Waals surface area contributed by atoms with Gasteiger partial charge in [-0.15, -0.1) is 0 Å². The molecular formula is C26H27NO7. The predicted octanol–water partition coefficient (Wildman–Crippen LogP) is 4.54. The normalized spacial score (nSPS) is 16.2. The molecule has 0 saturated carbocycles. The average molecular weight is 466 g/mol. The topological polar surface area (TPSA) is 109 Å². The first kappa shape index (κ1) is 23.4. The number of phenols is 1. The number of phenolic OH excluding ortho intramolecular Hbond substituents is 1. The Bertz CT molecular complexity index is 1260. The van der Waals surface area contributed by atoms with E-state index in [9.17, 15) is 19.8 Å². The van der Waals surface area contributed by atoms with Gasteiger partial charge >= 0.3 is 0 Å². The maximum atomic E-state index is 13.6. The Morgan fingerprint density at radius 2 is 1.91 bits per heavy atom. The smallest absolute Gasteiger partial charge is 0.290 e. The lowest BCUT2D eigenvalue weighted by atomic mass is 9.94. The van der Waals surface area contributed by atoms with Crippen LogP contribution in [0.3, 0.4) is 0 Å². The third-order valence-electron chi connectivity index (χ3n) is 5.68. The van der Waals surface area contributed by atoms with Gasteiger partial charge in [0.2, 0.25) is 5.78 Å². The largest absolute Gasteiger partial charge is 0.508 e. The lowest BCUT2D eigenvalue weighted by Gasteiger charge is -2.27. The van der Waals surface area contributed by atoms with Crippen LogP contribution in [0, 0.1) is 0 Å². The summed E-state index contributed by atoms with van der Waals surface area (Å²) in [6, 6.07) is 12.2. The highest BCUT2D eigenvalue weighted by atomic mass is 16.5. The second-order valence-corrected chi connectivity index (χ2v) is 8.35. The number of rotatable bonds is 9. The van der Waals surface area contributed by atoms with E-state index in [4.69, 9.17) is 13.9 Å². The zero-order valence-corrected chi connectivity index (χ0v) is 19.3. The minimum absolute atomic E-state index is 0.0142. The van der Waals surface area contributed by atoms with Gasteiger partial charge in [0.05, 0.1) is 24.8 Å². The van der Waals surface area contributed by atoms with Crippen molar-refractivity contribution in [3.63, 3.8) is 0 Å². The molecule has 8 nitrogen and oxygen atoms in total. The molecule has 1 aromatic heterocycles. The van der Waals surface area contributed by atoms with Gasteiger partial charge in [-0.25, -0.2) is 0 Å². The number of ether oxygens (including phenoxy) is 2. The summed E-state index contributed by atoms with van der Waals surface area (Å²) < 4.78 is 16.7. The summed E-state index contributed by atoms with van der Waals surface area (Å²) in [5, 5.41) is 21.5. The number of benzene rings is 2. The highest BCUT2D eigenvalue weighted by Crippen LogP contribution is 2.41. The molecule has 2 aromatic carbocycles. The van der Waals surface area contributed by atoms with Gasteiger partial charge in [-0.2, -0.15) is 0 Å². The van der Waals surface area contributed by atoms with Gasteiger partial charge in [0.15, 0.2) is 22.9 Å². The first-order valence-electron chi connectivity index (χ1n) is 11.1. The number of carbonyl (C=O) groups excluding carboxylic acids is 2. The molecule has 3 aromatic rings. The molecule has 0 bridgehead atoms. The Morgan fingerprint density at radius 1 is 1.15 bits per heavy atom. The zero-order valence-electron chi connectivity index (χ0n) is 19.3. The van der Waals surface area contributed by atoms with Gasteiger partial charge in [-0.05, 0) is 50.1 Å². The molecule has 178 valence electrons. The molecule has 0 fully saturated rings. The SMILES string of the molecule is COc1cccc2cc(C(=O)C3=C(O)C(=O)N(CCCOC(C)C)C3c3cccc(O)c3)oc12. The van der Waals surface area contributed by atoms with Crippen LogP contribution in [-0.2, 0) is 9.53 Å². The molecule has 1 atom stereocenters. The van der Waals surface area contributed by atoms with Crippen LogP contribution < -0.4 is 4.74 Å². The summed E-state index contributed by atoms with van der Waals surface area (Å²) in [4.78, 5) is 28.0. The van der Waals surface area contributed by atoms with Gasteiger partial charge in [0.1, 0.15) is 5.75 Å². The summed E-state index contributed by atoms with van der Waals surface area (Å²) in [6.45, 7) is 4.51. The Morgan fingerprint density at radius 3 is 2.62 bits per heavy atom. The Kier molecular flexibility index (Phi) is 6.61. The summed E-state index contributed by atoms with van der Waals surface area (Å²) in [5.74, 6) is -1.47. The number of aliphatic hydroxyl groups excluding tert-OH is 1. The van der Waals surface area contributed by atoms with Gasteiger partial charge < -0.3 is 29.0 Å². The fourth-order valence-electron chi connectivity index (χ4n) is 4.15. The first-order valence-corrected chi connectivity index (χ1v) is 11.1. The minimum Gasteiger partial charge on any atom is -0.508 e. The summed E-state index contributed by atoms with van der Waals surface area (Å²) in [5.41, 5.74) is 0.798. The molecule has 1 aliphatic heterocycles. The molecule has 4 rings (SSSR count). The van der Waals surface area contributed by atoms with E-state index in [1.165, 1.54) is 24.1 Å². The van der Waals surface area contributed by atoms with E-state index in [2.05, 4.69) is 0 Å². The molecule has 8 heteroatoms. The number of Topliss-reactive ketones (excluding diaryl/α,β-unsaturated/α-hetero) is 1. The van der Waals surface area contributed by atoms with E-state index in [1.807, 2.05) is 13.8 Å². The number of hydrogen-bond donors (Lipinski definition) is 2. The van der Waals surface area contributed by atoms with Crippen molar-refractivity contribution < 1.29 is 33.7 Å². The van der Waals surface area contributed by atoms with E-state index in [1.54, 1.807) is 36.4 Å². The fourth-order valence-corrected chi connectivity index (χ4v) is 4.15. The highest BCUT2D eigenvalue weighted by molar-refractivity contribution is 6.16. The Balaban J connectivity index is 1.73. The van der Waals surface area contributed by atoms with Gasteiger partial charge in [0.25, 0.3) is 5.91 Å². The summed E-state index contributed by atoms with van der Waals surface area (Å²) >= 11 is 0. The molecule has 34 heavy (non-hydrogen) atoms. The molecule has 1 unspecified atom stereocenters. The molecule has 0 saturated heterocycles. The van der Waals surface area contributed by atoms with Gasteiger partial charge in [-0.3, -0.25) is 9.59 Å². The fraction of sp³-hybridized carbons (Fsp3) is 0.308. The van der Waals surface area contributed by atoms with Crippen molar-refractivity contribution in [1.29, 1.82) is 0 Å². The minimum atomic E-state index is -0.888. The van der Waals surface area contributed by atoms with Crippen molar-refractivity contribution in [3.05, 3.63) is 71.2 Å². The van der Waals surface area contributed by atoms with Crippen molar-refractivity contribution in [2.75, 3.05) is 20.3 Å². The van der Waals surface area contributed by atoms with Crippen LogP contribution in [0.4, 0.5) is 0 Å². The molecule has 0 spiro atoms. The molecule has 1 amide bonds. The van der Waals surface area contributed by atoms with Crippen molar-refractivity contribution in [2.24, 2.45) is 0 Å². The van der Waals surface area contributed by atoms with Crippen molar-refractivity contribution >= 4 is 22.7 Å². The van der Waals surface area contributed by atoms with Gasteiger partial charge in [0, 0.05) is 18.5 Å². The number of nitrogens with zero attached hydrogens (tertiary/aromatic N) is 1. The van der Waals surface area contributed by atoms with Crippen LogP contribution in [0.1, 0.15) is 42.4 Å². The summed E-state index contributed by atoms with van der Waals surface area (Å²) in [6.07, 6.45) is 0.556. The molecule has 2 heterocycles. The standard InChI is InChI=1S/C26H27NO7/c1-15(2)33-12-6-11-27-22(16-7-4-9-18(28)13-16)21(24(30)26(27)31)23(29)20-14-17-8-5-10-19(32-3)25(17)34-20/h4-5,7-10,13-15,22,28,30H,6,11-12H2,1-3H3. The van der Waals surface area contributed by atoms with Crippen LogP contribution in [0.25, 0.3) is 11.0 Å². The Labute approximate surface area is 197 Å². The van der Waals surface area contributed by atoms with Crippen molar-refractivity contribution in [3.8, 4) is 11.5 Å². The van der Waals surface area contributed by atoms with Crippen LogP contribution in [-0.4, -0.2) is 53.2 Å². The molecule has 0 radical (unpaired) electrons. The van der Waals surface area contributed by atoms with Crippen LogP contribution in [0.15, 0.2) is 64.3 Å². The van der Waals surface area contributed by atoms with E-state index in [0.717, 1.165) is 0 Å². The van der Waals surface area contributed by atoms with E-state index in [0.29, 0.717) is 35.3 Å². The summed E-state index contributed by atoms with van der Waals surface area (Å²) in [7, 11) is 1.50. The number of carbonyl (C=O) groups is 2. The first-order chi connectivity index (χ1) is 16.3. The quantitative estimate of drug-likeness (QED) is 0.353. The number of furan rings is 1. The number of amides is 1. The third kappa shape index (κ3) is 4.36. The van der Waals surface area contributed by atoms with E-state index >= 15 is 0 Å². The van der Waals surface area contributed by atoms with Crippen LogP contribution in [0.5, 0.6) is 11.5 Å². The zero-order chi connectivity index (χ0) is 24.4. The Hall–Kier alpha value is -3.78. The molecule has 1 aliphatic rings. The number of aliphatic hydroxyl groups is 1. The van der Waals surface area contributed by atoms with Crippen molar-refractivity contribution in [2.45, 2.75) is 32.4 Å². The number of ketones is 1. The molecule has 2 N–H and O–H groups in total. The lowest BCUT2D eigenvalue weighted by Crippen LogP contribution is -2.32. The van der Waals surface area contributed by atoms with Crippen LogP contribution in [0.2, 0.25) is 0 Å². The maximum Gasteiger partial charge on any atom is 0.290 e. The van der Waals surface area contributed by atoms with E-state index in [-0.39, 0.29) is 29.7 Å². The van der Waals surface area contributed by atoms with Crippen LogP contribution >= 0.6 is 0 Å². The number of methoxy groups -OCH3 is 1. The maximum absolute atomic E-state index is 13.6. The van der Waals surface area contributed by atoms with Crippen molar-refractivity contribution in [1.82, 2.24) is 4.90 Å².